The van der Waals surface area contributed by atoms with E-state index in [9.17, 15) is 4.79 Å². The van der Waals surface area contributed by atoms with Gasteiger partial charge in [0.1, 0.15) is 0 Å². The third-order valence-corrected chi connectivity index (χ3v) is 4.21. The topological polar surface area (TPSA) is 17.1 Å². The lowest BCUT2D eigenvalue weighted by Gasteiger charge is -1.98. The summed E-state index contributed by atoms with van der Waals surface area (Å²) in [5.74, 6) is 0.163. The van der Waals surface area contributed by atoms with E-state index in [-0.39, 0.29) is 5.78 Å². The average Bonchev–Trinajstić information content (AvgIpc) is 2.71. The standard InChI is InChI=1S/C12H12OS2/c1-7-5-14-6-11(7)12(13)10-4-8(2)15-9(10)3/h4-6H,1-3H3. The van der Waals surface area contributed by atoms with Crippen LogP contribution in [-0.4, -0.2) is 5.78 Å². The molecule has 0 aliphatic rings. The van der Waals surface area contributed by atoms with Crippen molar-refractivity contribution in [1.82, 2.24) is 0 Å². The highest BCUT2D eigenvalue weighted by Crippen LogP contribution is 2.25. The van der Waals surface area contributed by atoms with Crippen LogP contribution >= 0.6 is 22.7 Å². The minimum Gasteiger partial charge on any atom is -0.289 e. The van der Waals surface area contributed by atoms with Crippen LogP contribution in [0.5, 0.6) is 0 Å². The summed E-state index contributed by atoms with van der Waals surface area (Å²) in [6, 6.07) is 1.99. The number of carbonyl (C=O) groups is 1. The van der Waals surface area contributed by atoms with Gasteiger partial charge in [0.05, 0.1) is 0 Å². The van der Waals surface area contributed by atoms with Crippen molar-refractivity contribution in [2.75, 3.05) is 0 Å². The van der Waals surface area contributed by atoms with E-state index >= 15 is 0 Å². The van der Waals surface area contributed by atoms with Crippen molar-refractivity contribution >= 4 is 28.5 Å². The quantitative estimate of drug-likeness (QED) is 0.721. The monoisotopic (exact) mass is 236 g/mol. The Bertz CT molecular complexity index is 505. The lowest BCUT2D eigenvalue weighted by atomic mass is 10.0. The molecule has 2 heterocycles. The molecule has 0 amide bonds. The Balaban J connectivity index is 2.45. The average molecular weight is 236 g/mol. The Hall–Kier alpha value is -0.930. The number of ketones is 1. The highest BCUT2D eigenvalue weighted by molar-refractivity contribution is 7.12. The molecule has 1 nitrogen and oxygen atoms in total. The molecular weight excluding hydrogens is 224 g/mol. The Labute approximate surface area is 97.4 Å². The van der Waals surface area contributed by atoms with E-state index < -0.39 is 0 Å². The second-order valence-electron chi connectivity index (χ2n) is 3.62. The molecule has 15 heavy (non-hydrogen) atoms. The lowest BCUT2D eigenvalue weighted by molar-refractivity contribution is 0.103. The van der Waals surface area contributed by atoms with Crippen LogP contribution in [0.3, 0.4) is 0 Å². The Morgan fingerprint density at radius 2 is 1.87 bits per heavy atom. The molecule has 2 aromatic heterocycles. The molecule has 0 saturated heterocycles. The maximum atomic E-state index is 12.2. The van der Waals surface area contributed by atoms with Gasteiger partial charge in [-0.05, 0) is 37.8 Å². The van der Waals surface area contributed by atoms with Crippen LogP contribution in [0.4, 0.5) is 0 Å². The molecule has 0 saturated carbocycles. The zero-order valence-electron chi connectivity index (χ0n) is 8.96. The first kappa shape index (κ1) is 10.6. The molecule has 0 spiro atoms. The summed E-state index contributed by atoms with van der Waals surface area (Å²) in [5, 5.41) is 3.95. The van der Waals surface area contributed by atoms with E-state index in [1.165, 1.54) is 4.88 Å². The van der Waals surface area contributed by atoms with E-state index in [4.69, 9.17) is 0 Å². The van der Waals surface area contributed by atoms with Crippen molar-refractivity contribution < 1.29 is 4.79 Å². The molecule has 0 unspecified atom stereocenters. The number of aryl methyl sites for hydroxylation is 3. The number of thiophene rings is 2. The van der Waals surface area contributed by atoms with Gasteiger partial charge >= 0.3 is 0 Å². The fourth-order valence-corrected chi connectivity index (χ4v) is 3.34. The molecule has 0 N–H and O–H groups in total. The fraction of sp³-hybridized carbons (Fsp3) is 0.250. The number of rotatable bonds is 2. The van der Waals surface area contributed by atoms with Gasteiger partial charge in [0.25, 0.3) is 0 Å². The maximum Gasteiger partial charge on any atom is 0.195 e. The van der Waals surface area contributed by atoms with E-state index in [1.54, 1.807) is 22.7 Å². The van der Waals surface area contributed by atoms with E-state index in [2.05, 4.69) is 0 Å². The van der Waals surface area contributed by atoms with Gasteiger partial charge in [0.2, 0.25) is 0 Å². The molecule has 0 radical (unpaired) electrons. The van der Waals surface area contributed by atoms with Gasteiger partial charge in [-0.15, -0.1) is 11.3 Å². The SMILES string of the molecule is Cc1cc(C(=O)c2cscc2C)c(C)s1. The Morgan fingerprint density at radius 1 is 1.13 bits per heavy atom. The van der Waals surface area contributed by atoms with Crippen molar-refractivity contribution in [3.05, 3.63) is 43.3 Å². The van der Waals surface area contributed by atoms with Crippen LogP contribution in [0.25, 0.3) is 0 Å². The van der Waals surface area contributed by atoms with E-state index in [0.29, 0.717) is 0 Å². The highest BCUT2D eigenvalue weighted by atomic mass is 32.1. The van der Waals surface area contributed by atoms with Crippen molar-refractivity contribution in [2.45, 2.75) is 20.8 Å². The van der Waals surface area contributed by atoms with Crippen LogP contribution in [0.2, 0.25) is 0 Å². The molecule has 0 aliphatic carbocycles. The van der Waals surface area contributed by atoms with Gasteiger partial charge in [-0.2, -0.15) is 11.3 Å². The molecule has 3 heteroatoms. The largest absolute Gasteiger partial charge is 0.289 e. The van der Waals surface area contributed by atoms with Crippen molar-refractivity contribution in [3.8, 4) is 0 Å². The van der Waals surface area contributed by atoms with Crippen LogP contribution in [0.1, 0.15) is 31.2 Å². The molecule has 0 atom stereocenters. The highest BCUT2D eigenvalue weighted by Gasteiger charge is 2.16. The normalized spacial score (nSPS) is 10.6. The molecule has 2 aromatic rings. The first-order chi connectivity index (χ1) is 7.09. The summed E-state index contributed by atoms with van der Waals surface area (Å²) in [7, 11) is 0. The summed E-state index contributed by atoms with van der Waals surface area (Å²) in [5.41, 5.74) is 2.79. The summed E-state index contributed by atoms with van der Waals surface area (Å²) in [4.78, 5) is 14.5. The van der Waals surface area contributed by atoms with Crippen molar-refractivity contribution in [1.29, 1.82) is 0 Å². The first-order valence-electron chi connectivity index (χ1n) is 4.74. The van der Waals surface area contributed by atoms with Gasteiger partial charge in [0, 0.05) is 26.3 Å². The molecule has 0 aliphatic heterocycles. The molecule has 0 fully saturated rings. The second kappa shape index (κ2) is 3.91. The Morgan fingerprint density at radius 3 is 2.33 bits per heavy atom. The van der Waals surface area contributed by atoms with Gasteiger partial charge < -0.3 is 0 Å². The molecule has 78 valence electrons. The minimum atomic E-state index is 0.163. The van der Waals surface area contributed by atoms with Crippen LogP contribution in [0.15, 0.2) is 16.8 Å². The Kier molecular flexibility index (Phi) is 2.76. The van der Waals surface area contributed by atoms with Gasteiger partial charge in [-0.3, -0.25) is 4.79 Å². The number of hydrogen-bond acceptors (Lipinski definition) is 3. The predicted molar refractivity (Wildman–Crippen MR) is 66.3 cm³/mol. The maximum absolute atomic E-state index is 12.2. The molecule has 0 bridgehead atoms. The summed E-state index contributed by atoms with van der Waals surface area (Å²) >= 11 is 3.27. The fourth-order valence-electron chi connectivity index (χ4n) is 1.59. The first-order valence-corrected chi connectivity index (χ1v) is 6.50. The summed E-state index contributed by atoms with van der Waals surface area (Å²) in [6.07, 6.45) is 0. The second-order valence-corrected chi connectivity index (χ2v) is 5.83. The van der Waals surface area contributed by atoms with Crippen LogP contribution in [-0.2, 0) is 0 Å². The van der Waals surface area contributed by atoms with Crippen LogP contribution < -0.4 is 0 Å². The van der Waals surface area contributed by atoms with Crippen molar-refractivity contribution in [2.24, 2.45) is 0 Å². The van der Waals surface area contributed by atoms with Crippen molar-refractivity contribution in [3.63, 3.8) is 0 Å². The molecule has 0 aromatic carbocycles. The predicted octanol–water partition coefficient (Wildman–Crippen LogP) is 3.97. The number of hydrogen-bond donors (Lipinski definition) is 0. The van der Waals surface area contributed by atoms with E-state index in [1.807, 2.05) is 37.6 Å². The van der Waals surface area contributed by atoms with Gasteiger partial charge in [0.15, 0.2) is 5.78 Å². The minimum absolute atomic E-state index is 0.163. The van der Waals surface area contributed by atoms with E-state index in [0.717, 1.165) is 21.6 Å². The third-order valence-electron chi connectivity index (χ3n) is 2.39. The molecular formula is C12H12OS2. The van der Waals surface area contributed by atoms with Gasteiger partial charge in [-0.25, -0.2) is 0 Å². The third kappa shape index (κ3) is 1.90. The summed E-state index contributed by atoms with van der Waals surface area (Å²) < 4.78 is 0. The summed E-state index contributed by atoms with van der Waals surface area (Å²) in [6.45, 7) is 6.03. The zero-order chi connectivity index (χ0) is 11.0. The smallest absolute Gasteiger partial charge is 0.195 e. The lowest BCUT2D eigenvalue weighted by Crippen LogP contribution is -2.01. The molecule has 2 rings (SSSR count). The number of carbonyl (C=O) groups excluding carboxylic acids is 1. The zero-order valence-corrected chi connectivity index (χ0v) is 10.6. The van der Waals surface area contributed by atoms with Gasteiger partial charge in [-0.1, -0.05) is 0 Å². The van der Waals surface area contributed by atoms with Crippen LogP contribution in [0, 0.1) is 20.8 Å².